The van der Waals surface area contributed by atoms with Crippen LogP contribution >= 0.6 is 0 Å². The second-order valence-electron chi connectivity index (χ2n) is 8.17. The lowest BCUT2D eigenvalue weighted by Crippen LogP contribution is -2.49. The summed E-state index contributed by atoms with van der Waals surface area (Å²) in [5.74, 6) is 1.61. The third-order valence-electron chi connectivity index (χ3n) is 7.35. The molecule has 0 aromatic rings. The summed E-state index contributed by atoms with van der Waals surface area (Å²) in [7, 11) is 0. The van der Waals surface area contributed by atoms with Crippen LogP contribution in [-0.2, 0) is 9.59 Å². The van der Waals surface area contributed by atoms with Crippen LogP contribution in [0, 0.1) is 28.6 Å². The number of carbonyl (C=O) groups is 2. The van der Waals surface area contributed by atoms with Gasteiger partial charge in [-0.1, -0.05) is 26.0 Å². The molecule has 0 aromatic heterocycles. The van der Waals surface area contributed by atoms with Crippen molar-refractivity contribution in [2.45, 2.75) is 52.4 Å². The molecule has 0 heterocycles. The van der Waals surface area contributed by atoms with Crippen molar-refractivity contribution < 1.29 is 14.7 Å². The maximum absolute atomic E-state index is 12.3. The number of allylic oxidation sites excluding steroid dienone is 4. The Morgan fingerprint density at radius 3 is 2.55 bits per heavy atom. The van der Waals surface area contributed by atoms with E-state index in [1.54, 1.807) is 0 Å². The zero-order valence-corrected chi connectivity index (χ0v) is 13.4. The van der Waals surface area contributed by atoms with Crippen molar-refractivity contribution >= 4 is 11.6 Å². The van der Waals surface area contributed by atoms with Crippen LogP contribution in [0.4, 0.5) is 0 Å². The molecule has 0 bridgehead atoms. The maximum atomic E-state index is 12.3. The quantitative estimate of drug-likeness (QED) is 0.741. The van der Waals surface area contributed by atoms with Crippen LogP contribution in [0.5, 0.6) is 0 Å². The summed E-state index contributed by atoms with van der Waals surface area (Å²) in [6.45, 7) is 4.37. The molecule has 2 fully saturated rings. The molecule has 0 saturated heterocycles. The molecule has 1 N–H and O–H groups in total. The largest absolute Gasteiger partial charge is 0.504 e. The Hall–Kier alpha value is -1.38. The van der Waals surface area contributed by atoms with Crippen LogP contribution in [0.15, 0.2) is 23.5 Å². The lowest BCUT2D eigenvalue weighted by atomic mass is 9.49. The number of hydrogen-bond donors (Lipinski definition) is 1. The molecular formula is C19H24O3. The molecule has 0 aliphatic heterocycles. The number of ketones is 2. The van der Waals surface area contributed by atoms with E-state index in [2.05, 4.69) is 19.9 Å². The van der Waals surface area contributed by atoms with Gasteiger partial charge in [0.25, 0.3) is 0 Å². The molecule has 0 spiro atoms. The normalized spacial score (nSPS) is 47.3. The van der Waals surface area contributed by atoms with Gasteiger partial charge in [-0.2, -0.15) is 0 Å². The summed E-state index contributed by atoms with van der Waals surface area (Å²) < 4.78 is 0. The Labute approximate surface area is 131 Å². The molecular weight excluding hydrogens is 276 g/mol. The number of aliphatic hydroxyl groups excluding tert-OH is 1. The molecule has 3 heteroatoms. The average molecular weight is 300 g/mol. The number of fused-ring (bicyclic) bond motifs is 5. The van der Waals surface area contributed by atoms with Crippen molar-refractivity contribution in [1.82, 2.24) is 0 Å². The molecule has 0 amide bonds. The Bertz CT molecular complexity index is 629. The lowest BCUT2D eigenvalue weighted by molar-refractivity contribution is -0.130. The van der Waals surface area contributed by atoms with Gasteiger partial charge < -0.3 is 5.11 Å². The summed E-state index contributed by atoms with van der Waals surface area (Å²) in [6, 6.07) is 0. The molecule has 0 unspecified atom stereocenters. The van der Waals surface area contributed by atoms with Crippen LogP contribution in [0.2, 0.25) is 0 Å². The van der Waals surface area contributed by atoms with Crippen LogP contribution in [-0.4, -0.2) is 16.7 Å². The van der Waals surface area contributed by atoms with E-state index in [0.29, 0.717) is 30.0 Å². The van der Waals surface area contributed by atoms with E-state index in [1.807, 2.05) is 6.08 Å². The van der Waals surface area contributed by atoms with Crippen molar-refractivity contribution in [3.05, 3.63) is 23.5 Å². The topological polar surface area (TPSA) is 54.4 Å². The highest BCUT2D eigenvalue weighted by Crippen LogP contribution is 2.62. The summed E-state index contributed by atoms with van der Waals surface area (Å²) in [5.41, 5.74) is 0.595. The first kappa shape index (κ1) is 14.2. The molecule has 0 aromatic carbocycles. The first-order chi connectivity index (χ1) is 10.4. The van der Waals surface area contributed by atoms with Gasteiger partial charge in [0, 0.05) is 29.2 Å². The minimum absolute atomic E-state index is 0.0146. The fourth-order valence-corrected chi connectivity index (χ4v) is 5.89. The van der Waals surface area contributed by atoms with Gasteiger partial charge in [-0.15, -0.1) is 0 Å². The Morgan fingerprint density at radius 2 is 1.77 bits per heavy atom. The minimum atomic E-state index is -0.143. The lowest BCUT2D eigenvalue weighted by Gasteiger charge is -2.54. The van der Waals surface area contributed by atoms with E-state index < -0.39 is 0 Å². The van der Waals surface area contributed by atoms with E-state index in [0.717, 1.165) is 37.7 Å². The molecule has 2 saturated carbocycles. The van der Waals surface area contributed by atoms with Crippen molar-refractivity contribution in [3.8, 4) is 0 Å². The Balaban J connectivity index is 1.80. The average Bonchev–Trinajstić information content (AvgIpc) is 2.79. The predicted octanol–water partition coefficient (Wildman–Crippen LogP) is 3.75. The van der Waals surface area contributed by atoms with Gasteiger partial charge in [0.2, 0.25) is 0 Å². The zero-order valence-electron chi connectivity index (χ0n) is 13.4. The van der Waals surface area contributed by atoms with Gasteiger partial charge in [-0.05, 0) is 43.4 Å². The summed E-state index contributed by atoms with van der Waals surface area (Å²) in [4.78, 5) is 24.2. The van der Waals surface area contributed by atoms with Crippen molar-refractivity contribution in [2.24, 2.45) is 28.6 Å². The van der Waals surface area contributed by atoms with E-state index in [1.165, 1.54) is 0 Å². The third-order valence-corrected chi connectivity index (χ3v) is 7.35. The third kappa shape index (κ3) is 1.57. The summed E-state index contributed by atoms with van der Waals surface area (Å²) >= 11 is 0. The van der Waals surface area contributed by atoms with Crippen LogP contribution in [0.3, 0.4) is 0 Å². The number of rotatable bonds is 0. The molecule has 0 radical (unpaired) electrons. The van der Waals surface area contributed by atoms with Gasteiger partial charge in [-0.25, -0.2) is 0 Å². The minimum Gasteiger partial charge on any atom is -0.504 e. The highest BCUT2D eigenvalue weighted by molar-refractivity contribution is 5.95. The number of carbonyl (C=O) groups excluding carboxylic acids is 2. The van der Waals surface area contributed by atoms with Gasteiger partial charge >= 0.3 is 0 Å². The number of Topliss-reactive ketones (excluding diaryl/α,β-unsaturated/α-hetero) is 2. The second kappa shape index (κ2) is 4.33. The van der Waals surface area contributed by atoms with Crippen molar-refractivity contribution in [3.63, 3.8) is 0 Å². The van der Waals surface area contributed by atoms with Crippen LogP contribution in [0.1, 0.15) is 52.4 Å². The van der Waals surface area contributed by atoms with Gasteiger partial charge in [-0.3, -0.25) is 9.59 Å². The molecule has 22 heavy (non-hydrogen) atoms. The zero-order chi connectivity index (χ0) is 15.7. The fourth-order valence-electron chi connectivity index (χ4n) is 5.89. The van der Waals surface area contributed by atoms with Gasteiger partial charge in [0.15, 0.2) is 11.5 Å². The van der Waals surface area contributed by atoms with Crippen molar-refractivity contribution in [1.29, 1.82) is 0 Å². The molecule has 4 aliphatic rings. The predicted molar refractivity (Wildman–Crippen MR) is 83.2 cm³/mol. The second-order valence-corrected chi connectivity index (χ2v) is 8.17. The van der Waals surface area contributed by atoms with Crippen molar-refractivity contribution in [2.75, 3.05) is 0 Å². The Morgan fingerprint density at radius 1 is 1.05 bits per heavy atom. The molecule has 3 nitrogen and oxygen atoms in total. The maximum Gasteiger partial charge on any atom is 0.197 e. The number of aliphatic hydroxyl groups is 1. The first-order valence-corrected chi connectivity index (χ1v) is 8.56. The first-order valence-electron chi connectivity index (χ1n) is 8.56. The van der Waals surface area contributed by atoms with Gasteiger partial charge in [0.05, 0.1) is 0 Å². The van der Waals surface area contributed by atoms with E-state index in [9.17, 15) is 14.7 Å². The molecule has 4 rings (SSSR count). The fraction of sp³-hybridized carbons (Fsp3) is 0.684. The monoisotopic (exact) mass is 300 g/mol. The van der Waals surface area contributed by atoms with E-state index in [-0.39, 0.29) is 22.4 Å². The van der Waals surface area contributed by atoms with E-state index in [4.69, 9.17) is 0 Å². The van der Waals surface area contributed by atoms with Crippen LogP contribution < -0.4 is 0 Å². The summed E-state index contributed by atoms with van der Waals surface area (Å²) in [6.07, 6.45) is 9.16. The molecule has 5 atom stereocenters. The highest BCUT2D eigenvalue weighted by atomic mass is 16.3. The van der Waals surface area contributed by atoms with Gasteiger partial charge in [0.1, 0.15) is 5.78 Å². The summed E-state index contributed by atoms with van der Waals surface area (Å²) in [5, 5.41) is 10.2. The molecule has 118 valence electrons. The highest BCUT2D eigenvalue weighted by Gasteiger charge is 2.58. The molecule has 4 aliphatic carbocycles. The Kier molecular flexibility index (Phi) is 2.80. The van der Waals surface area contributed by atoms with E-state index >= 15 is 0 Å². The van der Waals surface area contributed by atoms with Crippen LogP contribution in [0.25, 0.3) is 0 Å². The SMILES string of the molecule is C[C@]12CCC(=O)C(O)=C1C=C[C@@H]1[C@@H]2CC[C@]2(C)C(=O)CC[C@@H]12. The number of hydrogen-bond acceptors (Lipinski definition) is 3. The smallest absolute Gasteiger partial charge is 0.197 e. The standard InChI is InChI=1S/C19H24O3/c1-18-10-8-15(20)17(22)14(18)4-3-11-12-5-6-16(21)19(12,2)9-7-13(11)18/h3-4,11-13,22H,5-10H2,1-2H3/t11-,12-,13-,18+,19-/m0/s1.